The minimum absolute atomic E-state index is 0.0605. The van der Waals surface area contributed by atoms with E-state index in [1.54, 1.807) is 12.1 Å². The van der Waals surface area contributed by atoms with E-state index in [0.717, 1.165) is 6.07 Å². The summed E-state index contributed by atoms with van der Waals surface area (Å²) in [5, 5.41) is 0.0605. The van der Waals surface area contributed by atoms with Gasteiger partial charge in [-0.25, -0.2) is 8.78 Å². The van der Waals surface area contributed by atoms with E-state index in [9.17, 15) is 8.78 Å². The molecule has 0 N–H and O–H groups in total. The lowest BCUT2D eigenvalue weighted by Crippen LogP contribution is -2.41. The number of hydrogen-bond acceptors (Lipinski definition) is 1. The SMILES string of the molecule is C=CCC(O[Si](C)(C)C(C)(C)C)c1ccc(F)c(F)c1. The average Bonchev–Trinajstić information content (AvgIpc) is 2.30. The summed E-state index contributed by atoms with van der Waals surface area (Å²) in [6.45, 7) is 14.5. The van der Waals surface area contributed by atoms with Gasteiger partial charge in [0.25, 0.3) is 0 Å². The van der Waals surface area contributed by atoms with Crippen molar-refractivity contribution in [2.75, 3.05) is 0 Å². The fraction of sp³-hybridized carbons (Fsp3) is 0.500. The van der Waals surface area contributed by atoms with Crippen LogP contribution in [0.4, 0.5) is 8.78 Å². The summed E-state index contributed by atoms with van der Waals surface area (Å²) in [5.41, 5.74) is 0.661. The van der Waals surface area contributed by atoms with Crippen LogP contribution in [-0.2, 0) is 4.43 Å². The Balaban J connectivity index is 3.06. The first-order valence-corrected chi connectivity index (χ1v) is 9.73. The van der Waals surface area contributed by atoms with Crippen LogP contribution in [0, 0.1) is 11.6 Å². The number of halogens is 2. The molecule has 0 bridgehead atoms. The predicted molar refractivity (Wildman–Crippen MR) is 82.2 cm³/mol. The number of hydrogen-bond donors (Lipinski definition) is 0. The van der Waals surface area contributed by atoms with Gasteiger partial charge in [-0.1, -0.05) is 32.9 Å². The lowest BCUT2D eigenvalue weighted by Gasteiger charge is -2.39. The highest BCUT2D eigenvalue weighted by molar-refractivity contribution is 6.74. The zero-order valence-corrected chi connectivity index (χ0v) is 14.0. The van der Waals surface area contributed by atoms with Crippen LogP contribution in [0.2, 0.25) is 18.1 Å². The molecule has 1 nitrogen and oxygen atoms in total. The normalized spacial score (nSPS) is 14.2. The van der Waals surface area contributed by atoms with Gasteiger partial charge in [0.1, 0.15) is 0 Å². The Morgan fingerprint density at radius 1 is 1.25 bits per heavy atom. The molecule has 0 aliphatic carbocycles. The Hall–Kier alpha value is -1.00. The van der Waals surface area contributed by atoms with Crippen LogP contribution in [0.25, 0.3) is 0 Å². The van der Waals surface area contributed by atoms with Gasteiger partial charge in [-0.2, -0.15) is 0 Å². The van der Waals surface area contributed by atoms with Crippen molar-refractivity contribution in [2.45, 2.75) is 51.4 Å². The first kappa shape index (κ1) is 17.0. The van der Waals surface area contributed by atoms with Crippen LogP contribution in [0.1, 0.15) is 38.9 Å². The molecule has 112 valence electrons. The monoisotopic (exact) mass is 298 g/mol. The van der Waals surface area contributed by atoms with Crippen molar-refractivity contribution in [3.05, 3.63) is 48.1 Å². The van der Waals surface area contributed by atoms with Gasteiger partial charge in [0.05, 0.1) is 6.10 Å². The molecule has 1 unspecified atom stereocenters. The molecule has 0 saturated carbocycles. The third-order valence-electron chi connectivity index (χ3n) is 3.94. The molecule has 0 aliphatic heterocycles. The number of benzene rings is 1. The van der Waals surface area contributed by atoms with Gasteiger partial charge in [0, 0.05) is 0 Å². The van der Waals surface area contributed by atoms with Crippen molar-refractivity contribution < 1.29 is 13.2 Å². The molecular weight excluding hydrogens is 274 g/mol. The highest BCUT2D eigenvalue weighted by Gasteiger charge is 2.39. The van der Waals surface area contributed by atoms with E-state index in [2.05, 4.69) is 40.4 Å². The quantitative estimate of drug-likeness (QED) is 0.507. The second-order valence-electron chi connectivity index (χ2n) is 6.56. The summed E-state index contributed by atoms with van der Waals surface area (Å²) in [6, 6.07) is 3.95. The molecule has 20 heavy (non-hydrogen) atoms. The van der Waals surface area contributed by atoms with Crippen molar-refractivity contribution in [3.63, 3.8) is 0 Å². The van der Waals surface area contributed by atoms with Crippen LogP contribution in [0.15, 0.2) is 30.9 Å². The first-order chi connectivity index (χ1) is 9.08. The Kier molecular flexibility index (Phi) is 5.27. The molecule has 0 fully saturated rings. The molecule has 0 aliphatic rings. The molecule has 0 saturated heterocycles. The van der Waals surface area contributed by atoms with Crippen molar-refractivity contribution >= 4 is 8.32 Å². The van der Waals surface area contributed by atoms with Crippen LogP contribution >= 0.6 is 0 Å². The van der Waals surface area contributed by atoms with Gasteiger partial charge in [-0.3, -0.25) is 0 Å². The minimum Gasteiger partial charge on any atom is -0.410 e. The lowest BCUT2D eigenvalue weighted by molar-refractivity contribution is 0.186. The molecule has 0 amide bonds. The summed E-state index contributed by atoms with van der Waals surface area (Å²) in [5.74, 6) is -1.67. The lowest BCUT2D eigenvalue weighted by atomic mass is 10.1. The van der Waals surface area contributed by atoms with E-state index in [4.69, 9.17) is 4.43 Å². The molecule has 0 radical (unpaired) electrons. The van der Waals surface area contributed by atoms with Crippen LogP contribution < -0.4 is 0 Å². The number of rotatable bonds is 5. The third kappa shape index (κ3) is 3.99. The molecule has 1 atom stereocenters. The van der Waals surface area contributed by atoms with Crippen molar-refractivity contribution in [3.8, 4) is 0 Å². The Labute approximate surface area is 121 Å². The fourth-order valence-corrected chi connectivity index (χ4v) is 2.95. The van der Waals surface area contributed by atoms with Gasteiger partial charge in [0.2, 0.25) is 0 Å². The predicted octanol–water partition coefficient (Wildman–Crippen LogP) is 5.60. The second-order valence-corrected chi connectivity index (χ2v) is 11.3. The highest BCUT2D eigenvalue weighted by atomic mass is 28.4. The van der Waals surface area contributed by atoms with Crippen molar-refractivity contribution in [2.24, 2.45) is 0 Å². The molecule has 0 spiro atoms. The average molecular weight is 298 g/mol. The molecule has 4 heteroatoms. The van der Waals surface area contributed by atoms with Crippen molar-refractivity contribution in [1.29, 1.82) is 0 Å². The maximum Gasteiger partial charge on any atom is 0.192 e. The molecular formula is C16H24F2OSi. The van der Waals surface area contributed by atoms with E-state index in [1.165, 1.54) is 6.07 Å². The van der Waals surface area contributed by atoms with Gasteiger partial charge in [0.15, 0.2) is 20.0 Å². The summed E-state index contributed by atoms with van der Waals surface area (Å²) >= 11 is 0. The molecule has 1 rings (SSSR count). The largest absolute Gasteiger partial charge is 0.410 e. The van der Waals surface area contributed by atoms with E-state index in [-0.39, 0.29) is 11.1 Å². The summed E-state index contributed by atoms with van der Waals surface area (Å²) in [6.07, 6.45) is 2.06. The van der Waals surface area contributed by atoms with Crippen LogP contribution in [-0.4, -0.2) is 8.32 Å². The van der Waals surface area contributed by atoms with E-state index < -0.39 is 20.0 Å². The van der Waals surface area contributed by atoms with E-state index in [1.807, 2.05) is 0 Å². The maximum atomic E-state index is 13.4. The molecule has 0 heterocycles. The van der Waals surface area contributed by atoms with Gasteiger partial charge < -0.3 is 4.43 Å². The summed E-state index contributed by atoms with van der Waals surface area (Å²) < 4.78 is 32.8. The highest BCUT2D eigenvalue weighted by Crippen LogP contribution is 2.40. The van der Waals surface area contributed by atoms with E-state index in [0.29, 0.717) is 12.0 Å². The van der Waals surface area contributed by atoms with Gasteiger partial charge in [-0.05, 0) is 42.2 Å². The Morgan fingerprint density at radius 2 is 1.85 bits per heavy atom. The van der Waals surface area contributed by atoms with Crippen LogP contribution in [0.5, 0.6) is 0 Å². The Morgan fingerprint density at radius 3 is 2.30 bits per heavy atom. The summed E-state index contributed by atoms with van der Waals surface area (Å²) in [4.78, 5) is 0. The third-order valence-corrected chi connectivity index (χ3v) is 8.43. The molecule has 0 aromatic heterocycles. The fourth-order valence-electron chi connectivity index (χ4n) is 1.65. The zero-order valence-electron chi connectivity index (χ0n) is 13.0. The second kappa shape index (κ2) is 6.18. The van der Waals surface area contributed by atoms with Gasteiger partial charge >= 0.3 is 0 Å². The van der Waals surface area contributed by atoms with Gasteiger partial charge in [-0.15, -0.1) is 6.58 Å². The minimum atomic E-state index is -1.98. The Bertz CT molecular complexity index is 478. The van der Waals surface area contributed by atoms with Crippen LogP contribution in [0.3, 0.4) is 0 Å². The molecule has 1 aromatic rings. The standard InChI is InChI=1S/C16H24F2OSi/c1-7-8-15(19-20(5,6)16(2,3)4)12-9-10-13(17)14(18)11-12/h7,9-11,15H,1,8H2,2-6H3. The molecule has 1 aromatic carbocycles. The van der Waals surface area contributed by atoms with Crippen molar-refractivity contribution in [1.82, 2.24) is 0 Å². The topological polar surface area (TPSA) is 9.23 Å². The van der Waals surface area contributed by atoms with E-state index >= 15 is 0 Å². The maximum absolute atomic E-state index is 13.4. The zero-order chi connectivity index (χ0) is 15.6. The summed E-state index contributed by atoms with van der Waals surface area (Å²) in [7, 11) is -1.98. The smallest absolute Gasteiger partial charge is 0.192 e. The first-order valence-electron chi connectivity index (χ1n) is 6.82.